The number of amides is 1. The smallest absolute Gasteiger partial charge is 0.405 e. The number of aromatic nitrogens is 3. The van der Waals surface area contributed by atoms with Crippen molar-refractivity contribution in [2.75, 3.05) is 7.11 Å². The summed E-state index contributed by atoms with van der Waals surface area (Å²) >= 11 is 0. The number of hydrogen-bond acceptors (Lipinski definition) is 7. The third-order valence-electron chi connectivity index (χ3n) is 3.66. The fourth-order valence-electron chi connectivity index (χ4n) is 2.24. The van der Waals surface area contributed by atoms with Crippen LogP contribution in [0.25, 0.3) is 11.4 Å². The van der Waals surface area contributed by atoms with E-state index in [0.717, 1.165) is 24.1 Å². The molecule has 2 aromatic heterocycles. The van der Waals surface area contributed by atoms with Gasteiger partial charge in [-0.3, -0.25) is 4.98 Å². The molecule has 3 rings (SSSR count). The van der Waals surface area contributed by atoms with Crippen LogP contribution in [0.1, 0.15) is 37.5 Å². The number of pyridine rings is 1. The summed E-state index contributed by atoms with van der Waals surface area (Å²) in [6.45, 7) is 1.60. The number of ether oxygens (including phenoxy) is 2. The Kier molecular flexibility index (Phi) is 3.53. The lowest BCUT2D eigenvalue weighted by Crippen LogP contribution is -2.15. The molecular formula is C14H16N4O4. The van der Waals surface area contributed by atoms with Crippen LogP contribution in [0.3, 0.4) is 0 Å². The molecule has 1 aliphatic rings. The van der Waals surface area contributed by atoms with E-state index in [4.69, 9.17) is 19.7 Å². The quantitative estimate of drug-likeness (QED) is 0.897. The minimum absolute atomic E-state index is 0.181. The molecule has 0 aliphatic heterocycles. The summed E-state index contributed by atoms with van der Waals surface area (Å²) in [6.07, 6.45) is 1.98. The van der Waals surface area contributed by atoms with Gasteiger partial charge < -0.3 is 19.7 Å². The predicted molar refractivity (Wildman–Crippen MR) is 74.5 cm³/mol. The molecule has 8 heteroatoms. The van der Waals surface area contributed by atoms with Crippen LogP contribution >= 0.6 is 0 Å². The van der Waals surface area contributed by atoms with Crippen molar-refractivity contribution >= 4 is 6.09 Å². The van der Waals surface area contributed by atoms with Crippen LogP contribution in [0.5, 0.6) is 0 Å². The number of carbonyl (C=O) groups excluding carboxylic acids is 1. The van der Waals surface area contributed by atoms with Gasteiger partial charge in [-0.2, -0.15) is 4.98 Å². The van der Waals surface area contributed by atoms with E-state index in [1.54, 1.807) is 26.3 Å². The van der Waals surface area contributed by atoms with E-state index in [1.165, 1.54) is 0 Å². The highest BCUT2D eigenvalue weighted by molar-refractivity contribution is 5.64. The minimum atomic E-state index is -0.894. The average molecular weight is 304 g/mol. The summed E-state index contributed by atoms with van der Waals surface area (Å²) < 4.78 is 15.4. The van der Waals surface area contributed by atoms with E-state index in [9.17, 15) is 4.79 Å². The molecule has 0 bridgehead atoms. The summed E-state index contributed by atoms with van der Waals surface area (Å²) in [5.74, 6) is 0.575. The molecule has 1 amide bonds. The molecule has 1 atom stereocenters. The third-order valence-corrected chi connectivity index (χ3v) is 3.66. The molecule has 0 radical (unpaired) electrons. The van der Waals surface area contributed by atoms with E-state index in [1.807, 2.05) is 6.07 Å². The number of methoxy groups -OCH3 is 1. The third kappa shape index (κ3) is 2.64. The highest BCUT2D eigenvalue weighted by Gasteiger charge is 2.46. The maximum Gasteiger partial charge on any atom is 0.405 e. The zero-order valence-electron chi connectivity index (χ0n) is 12.3. The molecule has 1 saturated carbocycles. The molecule has 2 heterocycles. The highest BCUT2D eigenvalue weighted by atomic mass is 16.6. The van der Waals surface area contributed by atoms with Gasteiger partial charge in [-0.25, -0.2) is 4.79 Å². The lowest BCUT2D eigenvalue weighted by molar-refractivity contribution is 0.0752. The molecule has 0 saturated heterocycles. The van der Waals surface area contributed by atoms with Crippen molar-refractivity contribution in [3.63, 3.8) is 0 Å². The van der Waals surface area contributed by atoms with E-state index >= 15 is 0 Å². The van der Waals surface area contributed by atoms with Crippen LogP contribution in [0, 0.1) is 0 Å². The van der Waals surface area contributed by atoms with Crippen LogP contribution in [-0.2, 0) is 15.1 Å². The molecule has 22 heavy (non-hydrogen) atoms. The van der Waals surface area contributed by atoms with Gasteiger partial charge in [-0.05, 0) is 31.9 Å². The van der Waals surface area contributed by atoms with E-state index in [2.05, 4.69) is 15.1 Å². The molecule has 2 aromatic rings. The monoisotopic (exact) mass is 304 g/mol. The molecule has 0 unspecified atom stereocenters. The van der Waals surface area contributed by atoms with Crippen LogP contribution < -0.4 is 5.73 Å². The largest absolute Gasteiger partial charge is 0.437 e. The first-order valence-corrected chi connectivity index (χ1v) is 6.86. The minimum Gasteiger partial charge on any atom is -0.437 e. The number of hydrogen-bond donors (Lipinski definition) is 1. The second kappa shape index (κ2) is 5.38. The van der Waals surface area contributed by atoms with Crippen molar-refractivity contribution in [3.05, 3.63) is 29.9 Å². The molecule has 116 valence electrons. The van der Waals surface area contributed by atoms with Crippen LogP contribution in [-0.4, -0.2) is 28.3 Å². The van der Waals surface area contributed by atoms with Crippen molar-refractivity contribution in [3.8, 4) is 11.4 Å². The summed E-state index contributed by atoms with van der Waals surface area (Å²) in [5, 5.41) is 3.90. The Morgan fingerprint density at radius 2 is 2.27 bits per heavy atom. The Morgan fingerprint density at radius 1 is 1.50 bits per heavy atom. The van der Waals surface area contributed by atoms with Crippen molar-refractivity contribution in [2.24, 2.45) is 5.73 Å². The number of nitrogens with zero attached hydrogens (tertiary/aromatic N) is 3. The number of rotatable bonds is 5. The normalized spacial score (nSPS) is 17.0. The maximum absolute atomic E-state index is 10.7. The molecule has 0 spiro atoms. The fraction of sp³-hybridized carbons (Fsp3) is 0.429. The van der Waals surface area contributed by atoms with Crippen LogP contribution in [0.4, 0.5) is 4.79 Å². The zero-order valence-corrected chi connectivity index (χ0v) is 12.3. The van der Waals surface area contributed by atoms with Crippen molar-refractivity contribution in [1.29, 1.82) is 0 Å². The fourth-order valence-corrected chi connectivity index (χ4v) is 2.24. The van der Waals surface area contributed by atoms with E-state index < -0.39 is 12.2 Å². The van der Waals surface area contributed by atoms with Crippen LogP contribution in [0.15, 0.2) is 22.9 Å². The molecular weight excluding hydrogens is 288 g/mol. The first kappa shape index (κ1) is 14.5. The Bertz CT molecular complexity index is 696. The van der Waals surface area contributed by atoms with Gasteiger partial charge in [0, 0.05) is 18.9 Å². The molecule has 1 fully saturated rings. The summed E-state index contributed by atoms with van der Waals surface area (Å²) in [7, 11) is 1.68. The van der Waals surface area contributed by atoms with Gasteiger partial charge in [-0.1, -0.05) is 5.16 Å². The highest BCUT2D eigenvalue weighted by Crippen LogP contribution is 2.48. The molecule has 1 aliphatic carbocycles. The number of nitrogens with two attached hydrogens (primary N) is 1. The SMILES string of the molecule is COC1(c2cc(-c3noc([C@H](C)OC(N)=O)n3)ccn2)CC1. The first-order valence-electron chi connectivity index (χ1n) is 6.86. The van der Waals surface area contributed by atoms with Gasteiger partial charge in [-0.15, -0.1) is 0 Å². The van der Waals surface area contributed by atoms with Crippen molar-refractivity contribution in [1.82, 2.24) is 15.1 Å². The Labute approximate surface area is 126 Å². The lowest BCUT2D eigenvalue weighted by atomic mass is 10.1. The Hall–Kier alpha value is -2.48. The van der Waals surface area contributed by atoms with Crippen molar-refractivity contribution in [2.45, 2.75) is 31.5 Å². The number of primary amides is 1. The summed E-state index contributed by atoms with van der Waals surface area (Å²) in [4.78, 5) is 19.3. The zero-order chi connectivity index (χ0) is 15.7. The molecule has 2 N–H and O–H groups in total. The van der Waals surface area contributed by atoms with Gasteiger partial charge >= 0.3 is 6.09 Å². The van der Waals surface area contributed by atoms with Gasteiger partial charge in [0.25, 0.3) is 5.89 Å². The molecule has 8 nitrogen and oxygen atoms in total. The lowest BCUT2D eigenvalue weighted by Gasteiger charge is -2.12. The Balaban J connectivity index is 1.84. The first-order chi connectivity index (χ1) is 10.5. The maximum atomic E-state index is 10.7. The van der Waals surface area contributed by atoms with Gasteiger partial charge in [0.2, 0.25) is 5.82 Å². The summed E-state index contributed by atoms with van der Waals surface area (Å²) in [6, 6.07) is 3.66. The number of carbonyl (C=O) groups is 1. The van der Waals surface area contributed by atoms with Crippen LogP contribution in [0.2, 0.25) is 0 Å². The predicted octanol–water partition coefficient (Wildman–Crippen LogP) is 1.92. The molecule has 0 aromatic carbocycles. The Morgan fingerprint density at radius 3 is 2.91 bits per heavy atom. The van der Waals surface area contributed by atoms with E-state index in [-0.39, 0.29) is 11.5 Å². The van der Waals surface area contributed by atoms with E-state index in [0.29, 0.717) is 5.82 Å². The second-order valence-corrected chi connectivity index (χ2v) is 5.16. The van der Waals surface area contributed by atoms with Gasteiger partial charge in [0.15, 0.2) is 6.10 Å². The van der Waals surface area contributed by atoms with Gasteiger partial charge in [0.05, 0.1) is 5.69 Å². The topological polar surface area (TPSA) is 113 Å². The van der Waals surface area contributed by atoms with Crippen molar-refractivity contribution < 1.29 is 18.8 Å². The van der Waals surface area contributed by atoms with Gasteiger partial charge in [0.1, 0.15) is 5.60 Å². The standard InChI is InChI=1S/C14H16N4O4/c1-8(21-13(15)19)12-17-11(18-22-12)9-3-6-16-10(7-9)14(20-2)4-5-14/h3,6-8H,4-5H2,1-2H3,(H2,15,19)/t8-/m0/s1. The second-order valence-electron chi connectivity index (χ2n) is 5.16. The summed E-state index contributed by atoms with van der Waals surface area (Å²) in [5.41, 5.74) is 6.29. The average Bonchev–Trinajstić information content (AvgIpc) is 3.15.